The number of hydrogen-bond acceptors (Lipinski definition) is 2. The van der Waals surface area contributed by atoms with Gasteiger partial charge >= 0.3 is 0 Å². The highest BCUT2D eigenvalue weighted by molar-refractivity contribution is 6.31. The van der Waals surface area contributed by atoms with E-state index in [-0.39, 0.29) is 18.5 Å². The van der Waals surface area contributed by atoms with Gasteiger partial charge in [-0.2, -0.15) is 0 Å². The van der Waals surface area contributed by atoms with Crippen LogP contribution in [0.25, 0.3) is 11.1 Å². The predicted molar refractivity (Wildman–Crippen MR) is 76.6 cm³/mol. The monoisotopic (exact) mass is 281 g/mol. The van der Waals surface area contributed by atoms with Crippen molar-refractivity contribution in [2.45, 2.75) is 6.10 Å². The first-order valence-corrected chi connectivity index (χ1v) is 5.93. The molecule has 2 nitrogen and oxygen atoms in total. The first-order chi connectivity index (χ1) is 8.29. The van der Waals surface area contributed by atoms with E-state index in [1.54, 1.807) is 0 Å². The van der Waals surface area contributed by atoms with Crippen molar-refractivity contribution in [2.75, 3.05) is 6.54 Å². The summed E-state index contributed by atoms with van der Waals surface area (Å²) in [6, 6.07) is 13.8. The number of benzene rings is 2. The number of hydrogen-bond donors (Lipinski definition) is 1. The quantitative estimate of drug-likeness (QED) is 0.863. The molecule has 94 valence electrons. The molecule has 1 unspecified atom stereocenters. The molecule has 0 aliphatic carbocycles. The maximum atomic E-state index is 6.03. The van der Waals surface area contributed by atoms with E-state index in [1.165, 1.54) is 0 Å². The van der Waals surface area contributed by atoms with Crippen LogP contribution in [0.1, 0.15) is 11.7 Å². The van der Waals surface area contributed by atoms with Gasteiger partial charge in [0.25, 0.3) is 0 Å². The molecule has 0 amide bonds. The summed E-state index contributed by atoms with van der Waals surface area (Å²) in [6.07, 6.45) is -0.0696. The lowest BCUT2D eigenvalue weighted by molar-refractivity contribution is 0.211. The van der Waals surface area contributed by atoms with Gasteiger partial charge in [0.15, 0.2) is 0 Å². The summed E-state index contributed by atoms with van der Waals surface area (Å²) in [5, 5.41) is 0.716. The van der Waals surface area contributed by atoms with Crippen LogP contribution in [0.5, 0.6) is 5.75 Å². The molecule has 0 fully saturated rings. The van der Waals surface area contributed by atoms with Crippen LogP contribution in [-0.4, -0.2) is 6.54 Å². The molecule has 1 aliphatic heterocycles. The zero-order chi connectivity index (χ0) is 11.8. The maximum absolute atomic E-state index is 6.03. The van der Waals surface area contributed by atoms with Crippen molar-refractivity contribution in [3.8, 4) is 16.9 Å². The Balaban J connectivity index is 0.00000120. The molecule has 0 bridgehead atoms. The molecular formula is C14H13Cl2NO. The summed E-state index contributed by atoms with van der Waals surface area (Å²) in [5.74, 6) is 0.851. The summed E-state index contributed by atoms with van der Waals surface area (Å²) >= 11 is 6.03. The number of halogens is 2. The fourth-order valence-corrected chi connectivity index (χ4v) is 2.40. The van der Waals surface area contributed by atoms with Crippen LogP contribution in [-0.2, 0) is 0 Å². The van der Waals surface area contributed by atoms with E-state index in [9.17, 15) is 0 Å². The largest absolute Gasteiger partial charge is 0.484 e. The lowest BCUT2D eigenvalue weighted by Gasteiger charge is -2.28. The maximum Gasteiger partial charge on any atom is 0.137 e. The molecule has 0 saturated heterocycles. The zero-order valence-electron chi connectivity index (χ0n) is 9.60. The molecule has 0 radical (unpaired) electrons. The van der Waals surface area contributed by atoms with Crippen LogP contribution in [0.4, 0.5) is 0 Å². The normalized spacial score (nSPS) is 16.0. The molecular weight excluding hydrogens is 269 g/mol. The Labute approximate surface area is 117 Å². The number of ether oxygens (including phenoxy) is 1. The Morgan fingerprint density at radius 1 is 1.11 bits per heavy atom. The summed E-state index contributed by atoms with van der Waals surface area (Å²) in [6.45, 7) is 0.471. The van der Waals surface area contributed by atoms with Crippen LogP contribution in [0.15, 0.2) is 42.5 Å². The topological polar surface area (TPSA) is 35.2 Å². The molecule has 1 atom stereocenters. The van der Waals surface area contributed by atoms with Crippen LogP contribution in [0, 0.1) is 0 Å². The van der Waals surface area contributed by atoms with Crippen molar-refractivity contribution in [3.63, 3.8) is 0 Å². The average molecular weight is 282 g/mol. The Kier molecular flexibility index (Phi) is 3.81. The predicted octanol–water partition coefficient (Wildman–Crippen LogP) is 3.82. The molecule has 2 aromatic rings. The summed E-state index contributed by atoms with van der Waals surface area (Å²) in [7, 11) is 0. The van der Waals surface area contributed by atoms with E-state index in [4.69, 9.17) is 22.1 Å². The molecule has 1 heterocycles. The minimum absolute atomic E-state index is 0. The number of nitrogens with two attached hydrogens (primary N) is 1. The first kappa shape index (κ1) is 13.2. The van der Waals surface area contributed by atoms with E-state index in [1.807, 2.05) is 30.3 Å². The van der Waals surface area contributed by atoms with Crippen molar-refractivity contribution < 1.29 is 4.74 Å². The van der Waals surface area contributed by atoms with Gasteiger partial charge in [-0.05, 0) is 23.8 Å². The van der Waals surface area contributed by atoms with E-state index in [0.29, 0.717) is 11.6 Å². The molecule has 0 aromatic heterocycles. The zero-order valence-corrected chi connectivity index (χ0v) is 11.2. The second-order valence-electron chi connectivity index (χ2n) is 4.07. The van der Waals surface area contributed by atoms with Gasteiger partial charge in [0, 0.05) is 22.7 Å². The fourth-order valence-electron chi connectivity index (χ4n) is 2.23. The lowest BCUT2D eigenvalue weighted by Crippen LogP contribution is -2.22. The number of rotatable bonds is 1. The highest BCUT2D eigenvalue weighted by Crippen LogP contribution is 2.42. The average Bonchev–Trinajstić information content (AvgIpc) is 2.38. The molecule has 1 aliphatic rings. The minimum Gasteiger partial charge on any atom is -0.484 e. The van der Waals surface area contributed by atoms with Crippen molar-refractivity contribution in [1.82, 2.24) is 0 Å². The van der Waals surface area contributed by atoms with Crippen molar-refractivity contribution in [1.29, 1.82) is 0 Å². The van der Waals surface area contributed by atoms with E-state index in [2.05, 4.69) is 12.1 Å². The first-order valence-electron chi connectivity index (χ1n) is 5.55. The Bertz CT molecular complexity index is 571. The Morgan fingerprint density at radius 2 is 1.89 bits per heavy atom. The Morgan fingerprint density at radius 3 is 2.67 bits per heavy atom. The van der Waals surface area contributed by atoms with Crippen LogP contribution in [0.2, 0.25) is 5.02 Å². The molecule has 2 N–H and O–H groups in total. The summed E-state index contributed by atoms with van der Waals surface area (Å²) < 4.78 is 5.88. The van der Waals surface area contributed by atoms with Crippen molar-refractivity contribution >= 4 is 24.0 Å². The van der Waals surface area contributed by atoms with Gasteiger partial charge in [-0.25, -0.2) is 0 Å². The highest BCUT2D eigenvalue weighted by atomic mass is 35.5. The molecule has 0 spiro atoms. The second-order valence-corrected chi connectivity index (χ2v) is 4.51. The molecule has 3 rings (SSSR count). The third-order valence-corrected chi connectivity index (χ3v) is 3.26. The van der Waals surface area contributed by atoms with Crippen molar-refractivity contribution in [3.05, 3.63) is 53.1 Å². The van der Waals surface area contributed by atoms with E-state index < -0.39 is 0 Å². The number of fused-ring (bicyclic) bond motifs is 3. The molecule has 18 heavy (non-hydrogen) atoms. The molecule has 4 heteroatoms. The Hall–Kier alpha value is -1.22. The van der Waals surface area contributed by atoms with Gasteiger partial charge in [-0.1, -0.05) is 35.9 Å². The third-order valence-electron chi connectivity index (χ3n) is 3.02. The lowest BCUT2D eigenvalue weighted by atomic mass is 9.93. The second kappa shape index (κ2) is 5.19. The van der Waals surface area contributed by atoms with Crippen LogP contribution >= 0.6 is 24.0 Å². The SMILES string of the molecule is Cl.NCC1Oc2ccc(Cl)cc2-c2ccccc21. The van der Waals surface area contributed by atoms with E-state index >= 15 is 0 Å². The smallest absolute Gasteiger partial charge is 0.137 e. The molecule has 0 saturated carbocycles. The van der Waals surface area contributed by atoms with E-state index in [0.717, 1.165) is 22.4 Å². The van der Waals surface area contributed by atoms with Gasteiger partial charge in [-0.3, -0.25) is 0 Å². The van der Waals surface area contributed by atoms with Crippen LogP contribution < -0.4 is 10.5 Å². The summed E-state index contributed by atoms with van der Waals surface area (Å²) in [4.78, 5) is 0. The van der Waals surface area contributed by atoms with Gasteiger partial charge < -0.3 is 10.5 Å². The molecule has 2 aromatic carbocycles. The highest BCUT2D eigenvalue weighted by Gasteiger charge is 2.24. The standard InChI is InChI=1S/C14H12ClNO.ClH/c15-9-5-6-13-12(7-9)10-3-1-2-4-11(10)14(8-16)17-13;/h1-7,14H,8,16H2;1H. The van der Waals surface area contributed by atoms with Gasteiger partial charge in [0.05, 0.1) is 0 Å². The fraction of sp³-hybridized carbons (Fsp3) is 0.143. The minimum atomic E-state index is -0.0696. The van der Waals surface area contributed by atoms with Gasteiger partial charge in [-0.15, -0.1) is 12.4 Å². The van der Waals surface area contributed by atoms with Crippen LogP contribution in [0.3, 0.4) is 0 Å². The van der Waals surface area contributed by atoms with Gasteiger partial charge in [0.2, 0.25) is 0 Å². The van der Waals surface area contributed by atoms with Crippen molar-refractivity contribution in [2.24, 2.45) is 5.73 Å². The van der Waals surface area contributed by atoms with Gasteiger partial charge in [0.1, 0.15) is 11.9 Å². The summed E-state index contributed by atoms with van der Waals surface area (Å²) in [5.41, 5.74) is 9.08. The third kappa shape index (κ3) is 2.07.